The molecule has 0 saturated carbocycles. The van der Waals surface area contributed by atoms with Crippen molar-refractivity contribution in [2.45, 2.75) is 63.3 Å². The van der Waals surface area contributed by atoms with Crippen LogP contribution in [0.15, 0.2) is 24.3 Å². The van der Waals surface area contributed by atoms with Crippen molar-refractivity contribution in [3.63, 3.8) is 0 Å². The van der Waals surface area contributed by atoms with E-state index >= 15 is 0 Å². The standard InChI is InChI=1S/C16H22N2O3/c1-2-4-14(11-5-3-6-12(9-11)18(19)20)17-15-10-13-7-8-16(15)21-13/h3,5-6,9,13-17H,2,4,7-8,10H2,1H3. The lowest BCUT2D eigenvalue weighted by Gasteiger charge is -2.27. The van der Waals surface area contributed by atoms with Gasteiger partial charge in [0.1, 0.15) is 0 Å². The van der Waals surface area contributed by atoms with Gasteiger partial charge in [-0.25, -0.2) is 0 Å². The Balaban J connectivity index is 1.74. The van der Waals surface area contributed by atoms with E-state index in [0.29, 0.717) is 18.2 Å². The highest BCUT2D eigenvalue weighted by Crippen LogP contribution is 2.36. The van der Waals surface area contributed by atoms with E-state index in [-0.39, 0.29) is 16.7 Å². The summed E-state index contributed by atoms with van der Waals surface area (Å²) in [6.45, 7) is 2.14. The molecule has 2 bridgehead atoms. The number of benzene rings is 1. The summed E-state index contributed by atoms with van der Waals surface area (Å²) in [5.41, 5.74) is 1.17. The minimum absolute atomic E-state index is 0.166. The summed E-state index contributed by atoms with van der Waals surface area (Å²) in [5.74, 6) is 0. The number of nitrogens with one attached hydrogen (secondary N) is 1. The molecule has 0 aliphatic carbocycles. The monoisotopic (exact) mass is 290 g/mol. The second kappa shape index (κ2) is 6.12. The van der Waals surface area contributed by atoms with E-state index in [4.69, 9.17) is 4.74 Å². The van der Waals surface area contributed by atoms with E-state index in [1.807, 2.05) is 6.07 Å². The molecule has 1 aromatic rings. The van der Waals surface area contributed by atoms with E-state index in [9.17, 15) is 10.1 Å². The maximum Gasteiger partial charge on any atom is 0.269 e. The normalized spacial score (nSPS) is 28.7. The topological polar surface area (TPSA) is 64.4 Å². The molecule has 0 amide bonds. The number of hydrogen-bond acceptors (Lipinski definition) is 4. The lowest BCUT2D eigenvalue weighted by molar-refractivity contribution is -0.384. The quantitative estimate of drug-likeness (QED) is 0.644. The first-order valence-corrected chi connectivity index (χ1v) is 7.83. The van der Waals surface area contributed by atoms with Crippen LogP contribution in [0, 0.1) is 10.1 Å². The Hall–Kier alpha value is -1.46. The molecule has 0 spiro atoms. The Kier molecular flexibility index (Phi) is 4.22. The highest BCUT2D eigenvalue weighted by Gasteiger charge is 2.41. The summed E-state index contributed by atoms with van der Waals surface area (Å²) in [6.07, 6.45) is 6.15. The van der Waals surface area contributed by atoms with Crippen molar-refractivity contribution in [1.29, 1.82) is 0 Å². The molecule has 2 fully saturated rings. The van der Waals surface area contributed by atoms with Crippen LogP contribution in [0.5, 0.6) is 0 Å². The molecule has 2 saturated heterocycles. The molecule has 4 atom stereocenters. The van der Waals surface area contributed by atoms with Crippen molar-refractivity contribution in [1.82, 2.24) is 5.32 Å². The molecule has 21 heavy (non-hydrogen) atoms. The van der Waals surface area contributed by atoms with Crippen LogP contribution in [0.4, 0.5) is 5.69 Å². The summed E-state index contributed by atoms with van der Waals surface area (Å²) in [7, 11) is 0. The number of fused-ring (bicyclic) bond motifs is 2. The van der Waals surface area contributed by atoms with Gasteiger partial charge in [0.05, 0.1) is 17.1 Å². The van der Waals surface area contributed by atoms with Gasteiger partial charge in [-0.15, -0.1) is 0 Å². The third kappa shape index (κ3) is 3.09. The summed E-state index contributed by atoms with van der Waals surface area (Å²) >= 11 is 0. The number of non-ortho nitro benzene ring substituents is 1. The summed E-state index contributed by atoms with van der Waals surface area (Å²) < 4.78 is 5.89. The van der Waals surface area contributed by atoms with Crippen LogP contribution in [0.3, 0.4) is 0 Å². The van der Waals surface area contributed by atoms with Crippen LogP contribution < -0.4 is 5.32 Å². The van der Waals surface area contributed by atoms with Gasteiger partial charge in [-0.05, 0) is 31.2 Å². The van der Waals surface area contributed by atoms with E-state index in [1.165, 1.54) is 6.42 Å². The zero-order valence-electron chi connectivity index (χ0n) is 12.3. The molecular weight excluding hydrogens is 268 g/mol. The van der Waals surface area contributed by atoms with Crippen LogP contribution in [-0.2, 0) is 4.74 Å². The van der Waals surface area contributed by atoms with Crippen molar-refractivity contribution in [3.05, 3.63) is 39.9 Å². The number of nitro groups is 1. The minimum Gasteiger partial charge on any atom is -0.373 e. The third-order valence-corrected chi connectivity index (χ3v) is 4.58. The molecule has 2 aliphatic heterocycles. The fourth-order valence-electron chi connectivity index (χ4n) is 3.56. The molecule has 2 heterocycles. The number of hydrogen-bond donors (Lipinski definition) is 1. The molecule has 4 unspecified atom stereocenters. The van der Waals surface area contributed by atoms with E-state index in [1.54, 1.807) is 18.2 Å². The minimum atomic E-state index is -0.326. The number of rotatable bonds is 6. The van der Waals surface area contributed by atoms with Crippen molar-refractivity contribution in [2.75, 3.05) is 0 Å². The molecule has 1 N–H and O–H groups in total. The fourth-order valence-corrected chi connectivity index (χ4v) is 3.56. The van der Waals surface area contributed by atoms with E-state index < -0.39 is 0 Å². The highest BCUT2D eigenvalue weighted by molar-refractivity contribution is 5.36. The van der Waals surface area contributed by atoms with Crippen LogP contribution in [-0.4, -0.2) is 23.2 Å². The van der Waals surface area contributed by atoms with Crippen molar-refractivity contribution < 1.29 is 9.66 Å². The molecule has 3 rings (SSSR count). The molecule has 0 aromatic heterocycles. The lowest BCUT2D eigenvalue weighted by atomic mass is 9.93. The average Bonchev–Trinajstić information content (AvgIpc) is 3.09. The molecule has 5 heteroatoms. The largest absolute Gasteiger partial charge is 0.373 e. The van der Waals surface area contributed by atoms with Crippen LogP contribution in [0.25, 0.3) is 0 Å². The molecule has 2 aliphatic rings. The van der Waals surface area contributed by atoms with Crippen molar-refractivity contribution in [2.24, 2.45) is 0 Å². The predicted octanol–water partition coefficient (Wildman–Crippen LogP) is 3.35. The van der Waals surface area contributed by atoms with Crippen LogP contribution >= 0.6 is 0 Å². The first kappa shape index (κ1) is 14.5. The second-order valence-electron chi connectivity index (χ2n) is 6.08. The van der Waals surface area contributed by atoms with Gasteiger partial charge in [0.25, 0.3) is 5.69 Å². The third-order valence-electron chi connectivity index (χ3n) is 4.58. The van der Waals surface area contributed by atoms with Gasteiger partial charge in [0.15, 0.2) is 0 Å². The lowest BCUT2D eigenvalue weighted by Crippen LogP contribution is -2.39. The Morgan fingerprint density at radius 1 is 1.48 bits per heavy atom. The highest BCUT2D eigenvalue weighted by atomic mass is 16.6. The summed E-state index contributed by atoms with van der Waals surface area (Å²) in [4.78, 5) is 10.6. The van der Waals surface area contributed by atoms with E-state index in [2.05, 4.69) is 12.2 Å². The van der Waals surface area contributed by atoms with Gasteiger partial charge < -0.3 is 10.1 Å². The van der Waals surface area contributed by atoms with Gasteiger partial charge in [-0.2, -0.15) is 0 Å². The second-order valence-corrected chi connectivity index (χ2v) is 6.08. The maximum absolute atomic E-state index is 10.9. The van der Waals surface area contributed by atoms with Crippen molar-refractivity contribution >= 4 is 5.69 Å². The maximum atomic E-state index is 10.9. The van der Waals surface area contributed by atoms with Crippen molar-refractivity contribution in [3.8, 4) is 0 Å². The molecule has 0 radical (unpaired) electrons. The first-order chi connectivity index (χ1) is 10.2. The number of ether oxygens (including phenoxy) is 1. The summed E-state index contributed by atoms with van der Waals surface area (Å²) in [5, 5.41) is 14.6. The molecule has 114 valence electrons. The molecule has 1 aromatic carbocycles. The Bertz CT molecular complexity index is 520. The zero-order valence-corrected chi connectivity index (χ0v) is 12.3. The zero-order chi connectivity index (χ0) is 14.8. The summed E-state index contributed by atoms with van der Waals surface area (Å²) in [6, 6.07) is 7.56. The van der Waals surface area contributed by atoms with Gasteiger partial charge in [-0.3, -0.25) is 10.1 Å². The van der Waals surface area contributed by atoms with E-state index in [0.717, 1.165) is 31.2 Å². The smallest absolute Gasteiger partial charge is 0.269 e. The Morgan fingerprint density at radius 2 is 2.33 bits per heavy atom. The Labute approximate surface area is 124 Å². The Morgan fingerprint density at radius 3 is 2.95 bits per heavy atom. The average molecular weight is 290 g/mol. The van der Waals surface area contributed by atoms with Gasteiger partial charge in [0, 0.05) is 24.2 Å². The first-order valence-electron chi connectivity index (χ1n) is 7.83. The number of nitro benzene ring substituents is 1. The van der Waals surface area contributed by atoms with Crippen LogP contribution in [0.2, 0.25) is 0 Å². The van der Waals surface area contributed by atoms with Gasteiger partial charge >= 0.3 is 0 Å². The van der Waals surface area contributed by atoms with Gasteiger partial charge in [0.2, 0.25) is 0 Å². The molecule has 5 nitrogen and oxygen atoms in total. The van der Waals surface area contributed by atoms with Gasteiger partial charge in [-0.1, -0.05) is 25.5 Å². The number of nitrogens with zero attached hydrogens (tertiary/aromatic N) is 1. The molecular formula is C16H22N2O3. The predicted molar refractivity (Wildman–Crippen MR) is 80.2 cm³/mol. The SMILES string of the molecule is CCCC(NC1CC2CCC1O2)c1cccc([N+](=O)[O-])c1. The van der Waals surface area contributed by atoms with Crippen LogP contribution in [0.1, 0.15) is 50.6 Å². The fraction of sp³-hybridized carbons (Fsp3) is 0.625.